The fourth-order valence-electron chi connectivity index (χ4n) is 3.25. The van der Waals surface area contributed by atoms with Crippen LogP contribution in [0, 0.1) is 13.8 Å². The molecule has 128 valence electrons. The number of carbonyl (C=O) groups excluding carboxylic acids is 1. The summed E-state index contributed by atoms with van der Waals surface area (Å²) in [7, 11) is 1.61. The Labute approximate surface area is 143 Å². The van der Waals surface area contributed by atoms with Crippen LogP contribution >= 0.6 is 0 Å². The van der Waals surface area contributed by atoms with Gasteiger partial charge >= 0.3 is 0 Å². The summed E-state index contributed by atoms with van der Waals surface area (Å²) in [4.78, 5) is 12.0. The zero-order valence-electron chi connectivity index (χ0n) is 14.6. The van der Waals surface area contributed by atoms with Gasteiger partial charge in [0, 0.05) is 24.8 Å². The molecule has 1 aliphatic rings. The standard InChI is InChI=1S/C19H25N3O2/c1-13-7-8-15(11-14(13)2)22-18-6-4-5-17(16(18)12-20-22)21-19(23)9-10-24-3/h7-8,11-12,17H,4-6,9-10H2,1-3H3,(H,21,23)/t17-/m1/s1. The lowest BCUT2D eigenvalue weighted by molar-refractivity contribution is -0.122. The molecule has 0 unspecified atom stereocenters. The molecule has 5 heteroatoms. The van der Waals surface area contributed by atoms with Gasteiger partial charge in [-0.2, -0.15) is 5.10 Å². The highest BCUT2D eigenvalue weighted by Crippen LogP contribution is 2.31. The molecule has 3 rings (SSSR count). The van der Waals surface area contributed by atoms with Crippen molar-refractivity contribution in [1.82, 2.24) is 15.1 Å². The molecule has 1 aromatic carbocycles. The Morgan fingerprint density at radius 1 is 1.38 bits per heavy atom. The van der Waals surface area contributed by atoms with E-state index in [9.17, 15) is 4.79 Å². The van der Waals surface area contributed by atoms with Crippen LogP contribution in [0.4, 0.5) is 0 Å². The number of nitrogens with one attached hydrogen (secondary N) is 1. The number of rotatable bonds is 5. The van der Waals surface area contributed by atoms with E-state index in [2.05, 4.69) is 42.5 Å². The summed E-state index contributed by atoms with van der Waals surface area (Å²) in [6, 6.07) is 6.46. The number of aromatic nitrogens is 2. The summed E-state index contributed by atoms with van der Waals surface area (Å²) in [5.74, 6) is 0.0358. The Kier molecular flexibility index (Phi) is 5.00. The number of ether oxygens (including phenoxy) is 1. The lowest BCUT2D eigenvalue weighted by Gasteiger charge is -2.24. The van der Waals surface area contributed by atoms with Crippen LogP contribution in [0.5, 0.6) is 0 Å². The number of hydrogen-bond acceptors (Lipinski definition) is 3. The number of benzene rings is 1. The van der Waals surface area contributed by atoms with Crippen molar-refractivity contribution in [2.45, 2.75) is 45.6 Å². The third kappa shape index (κ3) is 3.36. The second-order valence-electron chi connectivity index (χ2n) is 6.48. The van der Waals surface area contributed by atoms with Gasteiger partial charge in [-0.25, -0.2) is 4.68 Å². The molecule has 0 bridgehead atoms. The van der Waals surface area contributed by atoms with Gasteiger partial charge in [-0.05, 0) is 56.4 Å². The van der Waals surface area contributed by atoms with Crippen LogP contribution in [-0.4, -0.2) is 29.4 Å². The minimum Gasteiger partial charge on any atom is -0.384 e. The van der Waals surface area contributed by atoms with Gasteiger partial charge in [0.1, 0.15) is 0 Å². The summed E-state index contributed by atoms with van der Waals surface area (Å²) < 4.78 is 7.00. The number of fused-ring (bicyclic) bond motifs is 1. The quantitative estimate of drug-likeness (QED) is 0.918. The molecule has 1 N–H and O–H groups in total. The van der Waals surface area contributed by atoms with Gasteiger partial charge in [0.15, 0.2) is 0 Å². The Balaban J connectivity index is 1.84. The molecule has 1 heterocycles. The Morgan fingerprint density at radius 3 is 2.96 bits per heavy atom. The van der Waals surface area contributed by atoms with Gasteiger partial charge < -0.3 is 10.1 Å². The maximum absolute atomic E-state index is 12.0. The normalized spacial score (nSPS) is 16.7. The minimum absolute atomic E-state index is 0.0358. The van der Waals surface area contributed by atoms with E-state index >= 15 is 0 Å². The molecule has 5 nitrogen and oxygen atoms in total. The first-order valence-corrected chi connectivity index (χ1v) is 8.53. The van der Waals surface area contributed by atoms with E-state index in [-0.39, 0.29) is 11.9 Å². The van der Waals surface area contributed by atoms with E-state index in [1.807, 2.05) is 10.9 Å². The van der Waals surface area contributed by atoms with Crippen molar-refractivity contribution in [3.05, 3.63) is 46.8 Å². The van der Waals surface area contributed by atoms with Crippen molar-refractivity contribution in [2.75, 3.05) is 13.7 Å². The predicted octanol–water partition coefficient (Wildman–Crippen LogP) is 3.02. The van der Waals surface area contributed by atoms with E-state index < -0.39 is 0 Å². The molecule has 0 saturated heterocycles. The largest absolute Gasteiger partial charge is 0.384 e. The summed E-state index contributed by atoms with van der Waals surface area (Å²) in [6.07, 6.45) is 5.31. The van der Waals surface area contributed by atoms with Crippen LogP contribution in [0.3, 0.4) is 0 Å². The third-order valence-corrected chi connectivity index (χ3v) is 4.79. The zero-order chi connectivity index (χ0) is 17.1. The maximum atomic E-state index is 12.0. The molecule has 1 amide bonds. The molecule has 0 fully saturated rings. The molecule has 0 radical (unpaired) electrons. The van der Waals surface area contributed by atoms with E-state index in [1.54, 1.807) is 7.11 Å². The monoisotopic (exact) mass is 327 g/mol. The molecule has 1 aromatic heterocycles. The van der Waals surface area contributed by atoms with Crippen LogP contribution in [-0.2, 0) is 16.0 Å². The second kappa shape index (κ2) is 7.18. The van der Waals surface area contributed by atoms with Crippen molar-refractivity contribution in [1.29, 1.82) is 0 Å². The highest BCUT2D eigenvalue weighted by atomic mass is 16.5. The van der Waals surface area contributed by atoms with Crippen molar-refractivity contribution in [2.24, 2.45) is 0 Å². The van der Waals surface area contributed by atoms with Crippen molar-refractivity contribution >= 4 is 5.91 Å². The Hall–Kier alpha value is -2.14. The molecule has 0 spiro atoms. The number of aryl methyl sites for hydroxylation is 2. The van der Waals surface area contributed by atoms with E-state index in [0.717, 1.165) is 30.5 Å². The number of methoxy groups -OCH3 is 1. The van der Waals surface area contributed by atoms with Gasteiger partial charge in [-0.15, -0.1) is 0 Å². The molecule has 2 aromatic rings. The van der Waals surface area contributed by atoms with E-state index in [4.69, 9.17) is 4.74 Å². The average Bonchev–Trinajstić information content (AvgIpc) is 3.00. The Morgan fingerprint density at radius 2 is 2.21 bits per heavy atom. The highest BCUT2D eigenvalue weighted by Gasteiger charge is 2.26. The van der Waals surface area contributed by atoms with Crippen molar-refractivity contribution < 1.29 is 9.53 Å². The molecular weight excluding hydrogens is 302 g/mol. The molecule has 24 heavy (non-hydrogen) atoms. The van der Waals surface area contributed by atoms with Gasteiger partial charge in [-0.1, -0.05) is 6.07 Å². The average molecular weight is 327 g/mol. The van der Waals surface area contributed by atoms with Crippen LogP contribution < -0.4 is 5.32 Å². The highest BCUT2D eigenvalue weighted by molar-refractivity contribution is 5.76. The molecular formula is C19H25N3O2. The summed E-state index contributed by atoms with van der Waals surface area (Å²) in [6.45, 7) is 4.68. The molecule has 1 aliphatic carbocycles. The second-order valence-corrected chi connectivity index (χ2v) is 6.48. The number of nitrogens with zero attached hydrogens (tertiary/aromatic N) is 2. The van der Waals surface area contributed by atoms with Crippen molar-refractivity contribution in [3.63, 3.8) is 0 Å². The topological polar surface area (TPSA) is 56.1 Å². The lowest BCUT2D eigenvalue weighted by Crippen LogP contribution is -2.31. The summed E-state index contributed by atoms with van der Waals surface area (Å²) in [5.41, 5.74) is 5.98. The van der Waals surface area contributed by atoms with Gasteiger partial charge in [-0.3, -0.25) is 4.79 Å². The molecule has 0 saturated carbocycles. The first kappa shape index (κ1) is 16.7. The zero-order valence-corrected chi connectivity index (χ0v) is 14.6. The Bertz CT molecular complexity index is 736. The SMILES string of the molecule is COCCC(=O)N[C@@H]1CCCc2c1cnn2-c1ccc(C)c(C)c1. The van der Waals surface area contributed by atoms with Gasteiger partial charge in [0.25, 0.3) is 0 Å². The van der Waals surface area contributed by atoms with Gasteiger partial charge in [0.05, 0.1) is 24.5 Å². The fraction of sp³-hybridized carbons (Fsp3) is 0.474. The smallest absolute Gasteiger partial charge is 0.222 e. The van der Waals surface area contributed by atoms with Gasteiger partial charge in [0.2, 0.25) is 5.91 Å². The lowest BCUT2D eigenvalue weighted by atomic mass is 9.92. The number of carbonyl (C=O) groups is 1. The first-order chi connectivity index (χ1) is 11.6. The summed E-state index contributed by atoms with van der Waals surface area (Å²) in [5, 5.41) is 7.72. The van der Waals surface area contributed by atoms with Crippen LogP contribution in [0.1, 0.15) is 47.7 Å². The van der Waals surface area contributed by atoms with Crippen LogP contribution in [0.15, 0.2) is 24.4 Å². The van der Waals surface area contributed by atoms with Crippen molar-refractivity contribution in [3.8, 4) is 5.69 Å². The number of amides is 1. The summed E-state index contributed by atoms with van der Waals surface area (Å²) >= 11 is 0. The number of hydrogen-bond donors (Lipinski definition) is 1. The van der Waals surface area contributed by atoms with E-state index in [0.29, 0.717) is 13.0 Å². The van der Waals surface area contributed by atoms with E-state index in [1.165, 1.54) is 16.8 Å². The predicted molar refractivity (Wildman–Crippen MR) is 93.4 cm³/mol. The third-order valence-electron chi connectivity index (χ3n) is 4.79. The van der Waals surface area contributed by atoms with Crippen LogP contribution in [0.2, 0.25) is 0 Å². The first-order valence-electron chi connectivity index (χ1n) is 8.53. The van der Waals surface area contributed by atoms with Crippen LogP contribution in [0.25, 0.3) is 5.69 Å². The maximum Gasteiger partial charge on any atom is 0.222 e. The molecule has 1 atom stereocenters. The molecule has 0 aliphatic heterocycles. The minimum atomic E-state index is 0.0358. The fourth-order valence-corrected chi connectivity index (χ4v) is 3.25.